The van der Waals surface area contributed by atoms with Gasteiger partial charge in [0.25, 0.3) is 0 Å². The van der Waals surface area contributed by atoms with Gasteiger partial charge in [0, 0.05) is 12.3 Å². The predicted molar refractivity (Wildman–Crippen MR) is 48.4 cm³/mol. The zero-order chi connectivity index (χ0) is 9.56. The first-order chi connectivity index (χ1) is 5.61. The Morgan fingerprint density at radius 2 is 2.33 bits per heavy atom. The lowest BCUT2D eigenvalue weighted by Crippen LogP contribution is -2.16. The Morgan fingerprint density at radius 3 is 2.75 bits per heavy atom. The Balaban J connectivity index is 4.12. The Labute approximate surface area is 73.3 Å². The van der Waals surface area contributed by atoms with E-state index >= 15 is 0 Å². The molecule has 0 unspecified atom stereocenters. The van der Waals surface area contributed by atoms with Crippen LogP contribution in [0.4, 0.5) is 0 Å². The van der Waals surface area contributed by atoms with Gasteiger partial charge >= 0.3 is 0 Å². The first kappa shape index (κ1) is 10.9. The molecule has 0 heterocycles. The molecule has 0 radical (unpaired) electrons. The fourth-order valence-electron chi connectivity index (χ4n) is 0.867. The second-order valence-electron chi connectivity index (χ2n) is 2.82. The average molecular weight is 166 g/mol. The average Bonchev–Trinajstić information content (AvgIpc) is 2.04. The van der Waals surface area contributed by atoms with Gasteiger partial charge in [-0.3, -0.25) is 0 Å². The second-order valence-corrected chi connectivity index (χ2v) is 2.82. The summed E-state index contributed by atoms with van der Waals surface area (Å²) >= 11 is 0. The van der Waals surface area contributed by atoms with Crippen LogP contribution in [0.25, 0.3) is 0 Å². The van der Waals surface area contributed by atoms with Gasteiger partial charge in [0.05, 0.1) is 6.10 Å². The summed E-state index contributed by atoms with van der Waals surface area (Å²) in [5.74, 6) is 2.39. The van der Waals surface area contributed by atoms with Gasteiger partial charge < -0.3 is 9.90 Å². The molecular weight excluding hydrogens is 152 g/mol. The number of terminal acetylenes is 1. The summed E-state index contributed by atoms with van der Waals surface area (Å²) in [6.07, 6.45) is 7.16. The van der Waals surface area contributed by atoms with Crippen LogP contribution in [0.15, 0.2) is 11.6 Å². The largest absolute Gasteiger partial charge is 0.392 e. The summed E-state index contributed by atoms with van der Waals surface area (Å²) in [6, 6.07) is 0. The standard InChI is InChI=1S/C10H14O2/c1-4-8(2)7-9(3)10(12)5-6-11/h1,6-7,9-10,12H,5H2,2-3H3/b8-7+/t9-,10-/m0/s1. The zero-order valence-corrected chi connectivity index (χ0v) is 7.45. The number of carbonyl (C=O) groups is 1. The Kier molecular flexibility index (Phi) is 5.07. The van der Waals surface area contributed by atoms with E-state index in [1.807, 2.05) is 6.92 Å². The van der Waals surface area contributed by atoms with Crippen molar-refractivity contribution in [1.29, 1.82) is 0 Å². The summed E-state index contributed by atoms with van der Waals surface area (Å²) in [5, 5.41) is 9.32. The van der Waals surface area contributed by atoms with Crippen LogP contribution in [0.5, 0.6) is 0 Å². The van der Waals surface area contributed by atoms with E-state index in [1.54, 1.807) is 13.0 Å². The van der Waals surface area contributed by atoms with Crippen LogP contribution in [0, 0.1) is 18.3 Å². The van der Waals surface area contributed by atoms with E-state index in [1.165, 1.54) is 0 Å². The number of aliphatic hydroxyl groups is 1. The highest BCUT2D eigenvalue weighted by molar-refractivity contribution is 5.50. The number of aliphatic hydroxyl groups excluding tert-OH is 1. The summed E-state index contributed by atoms with van der Waals surface area (Å²) < 4.78 is 0. The van der Waals surface area contributed by atoms with E-state index in [0.29, 0.717) is 6.29 Å². The summed E-state index contributed by atoms with van der Waals surface area (Å²) in [6.45, 7) is 3.62. The van der Waals surface area contributed by atoms with Crippen LogP contribution in [-0.2, 0) is 4.79 Å². The number of hydrogen-bond donors (Lipinski definition) is 1. The topological polar surface area (TPSA) is 37.3 Å². The molecule has 0 aromatic rings. The molecule has 0 spiro atoms. The summed E-state index contributed by atoms with van der Waals surface area (Å²) in [5.41, 5.74) is 0.785. The zero-order valence-electron chi connectivity index (χ0n) is 7.45. The molecule has 12 heavy (non-hydrogen) atoms. The molecule has 2 atom stereocenters. The minimum absolute atomic E-state index is 0.0637. The van der Waals surface area contributed by atoms with Crippen molar-refractivity contribution in [3.8, 4) is 12.3 Å². The third-order valence-corrected chi connectivity index (χ3v) is 1.69. The molecular formula is C10H14O2. The van der Waals surface area contributed by atoms with Crippen molar-refractivity contribution in [3.05, 3.63) is 11.6 Å². The SMILES string of the molecule is C#C/C(C)=C/[C@H](C)[C@@H](O)CC=O. The van der Waals surface area contributed by atoms with Crippen molar-refractivity contribution in [2.75, 3.05) is 0 Å². The third-order valence-electron chi connectivity index (χ3n) is 1.69. The van der Waals surface area contributed by atoms with Crippen LogP contribution in [0.1, 0.15) is 20.3 Å². The van der Waals surface area contributed by atoms with E-state index in [2.05, 4.69) is 5.92 Å². The maximum absolute atomic E-state index is 10.1. The van der Waals surface area contributed by atoms with Gasteiger partial charge in [-0.1, -0.05) is 18.9 Å². The number of aldehydes is 1. The first-order valence-corrected chi connectivity index (χ1v) is 3.88. The molecule has 66 valence electrons. The second kappa shape index (κ2) is 5.56. The van der Waals surface area contributed by atoms with Gasteiger partial charge in [-0.15, -0.1) is 6.42 Å². The highest BCUT2D eigenvalue weighted by Crippen LogP contribution is 2.09. The van der Waals surface area contributed by atoms with Crippen molar-refractivity contribution in [3.63, 3.8) is 0 Å². The lowest BCUT2D eigenvalue weighted by molar-refractivity contribution is -0.109. The van der Waals surface area contributed by atoms with Crippen LogP contribution in [0.2, 0.25) is 0 Å². The number of carbonyl (C=O) groups excluding carboxylic acids is 1. The molecule has 0 aliphatic carbocycles. The first-order valence-electron chi connectivity index (χ1n) is 3.88. The Bertz CT molecular complexity index is 210. The van der Waals surface area contributed by atoms with Gasteiger partial charge in [0.2, 0.25) is 0 Å². The molecule has 0 amide bonds. The molecule has 0 saturated heterocycles. The van der Waals surface area contributed by atoms with E-state index in [0.717, 1.165) is 5.57 Å². The minimum Gasteiger partial charge on any atom is -0.392 e. The van der Waals surface area contributed by atoms with Crippen LogP contribution < -0.4 is 0 Å². The van der Waals surface area contributed by atoms with E-state index in [-0.39, 0.29) is 12.3 Å². The van der Waals surface area contributed by atoms with Crippen molar-refractivity contribution in [1.82, 2.24) is 0 Å². The van der Waals surface area contributed by atoms with Gasteiger partial charge in [-0.2, -0.15) is 0 Å². The van der Waals surface area contributed by atoms with Crippen molar-refractivity contribution in [2.24, 2.45) is 5.92 Å². The van der Waals surface area contributed by atoms with Crippen molar-refractivity contribution in [2.45, 2.75) is 26.4 Å². The number of allylic oxidation sites excluding steroid dienone is 1. The van der Waals surface area contributed by atoms with Crippen molar-refractivity contribution < 1.29 is 9.90 Å². The van der Waals surface area contributed by atoms with Crippen molar-refractivity contribution >= 4 is 6.29 Å². The molecule has 0 aliphatic rings. The van der Waals surface area contributed by atoms with Crippen LogP contribution >= 0.6 is 0 Å². The Morgan fingerprint density at radius 1 is 1.75 bits per heavy atom. The lowest BCUT2D eigenvalue weighted by Gasteiger charge is -2.12. The van der Waals surface area contributed by atoms with E-state index in [4.69, 9.17) is 6.42 Å². The molecule has 0 saturated carbocycles. The molecule has 0 aliphatic heterocycles. The van der Waals surface area contributed by atoms with Gasteiger partial charge in [0.15, 0.2) is 0 Å². The molecule has 0 aromatic carbocycles. The molecule has 0 bridgehead atoms. The molecule has 1 N–H and O–H groups in total. The highest BCUT2D eigenvalue weighted by atomic mass is 16.3. The highest BCUT2D eigenvalue weighted by Gasteiger charge is 2.10. The molecule has 0 rings (SSSR count). The predicted octanol–water partition coefficient (Wildman–Crippen LogP) is 1.15. The van der Waals surface area contributed by atoms with E-state index in [9.17, 15) is 9.90 Å². The third kappa shape index (κ3) is 3.95. The molecule has 0 aromatic heterocycles. The quantitative estimate of drug-likeness (QED) is 0.502. The maximum atomic E-state index is 10.1. The summed E-state index contributed by atoms with van der Waals surface area (Å²) in [4.78, 5) is 10.1. The van der Waals surface area contributed by atoms with Crippen LogP contribution in [-0.4, -0.2) is 17.5 Å². The monoisotopic (exact) mass is 166 g/mol. The van der Waals surface area contributed by atoms with Gasteiger partial charge in [-0.05, 0) is 12.5 Å². The molecule has 2 heteroatoms. The normalized spacial score (nSPS) is 16.3. The van der Waals surface area contributed by atoms with Gasteiger partial charge in [-0.25, -0.2) is 0 Å². The maximum Gasteiger partial charge on any atom is 0.122 e. The van der Waals surface area contributed by atoms with E-state index < -0.39 is 6.10 Å². The summed E-state index contributed by atoms with van der Waals surface area (Å²) in [7, 11) is 0. The molecule has 2 nitrogen and oxygen atoms in total. The fraction of sp³-hybridized carbons (Fsp3) is 0.500. The molecule has 0 fully saturated rings. The minimum atomic E-state index is -0.620. The van der Waals surface area contributed by atoms with Crippen LogP contribution in [0.3, 0.4) is 0 Å². The van der Waals surface area contributed by atoms with Gasteiger partial charge in [0.1, 0.15) is 6.29 Å². The Hall–Kier alpha value is -1.07. The fourth-order valence-corrected chi connectivity index (χ4v) is 0.867. The number of hydrogen-bond acceptors (Lipinski definition) is 2. The lowest BCUT2D eigenvalue weighted by atomic mass is 10.00. The number of rotatable bonds is 4. The smallest absolute Gasteiger partial charge is 0.122 e.